The highest BCUT2D eigenvalue weighted by Crippen LogP contribution is 2.27. The summed E-state index contributed by atoms with van der Waals surface area (Å²) in [5.74, 6) is -0.0217. The highest BCUT2D eigenvalue weighted by Gasteiger charge is 2.25. The van der Waals surface area contributed by atoms with Gasteiger partial charge in [0, 0.05) is 24.1 Å². The van der Waals surface area contributed by atoms with Gasteiger partial charge in [-0.15, -0.1) is 0 Å². The zero-order chi connectivity index (χ0) is 14.0. The lowest BCUT2D eigenvalue weighted by Crippen LogP contribution is -2.39. The first-order valence-electron chi connectivity index (χ1n) is 6.40. The quantitative estimate of drug-likeness (QED) is 0.839. The summed E-state index contributed by atoms with van der Waals surface area (Å²) in [6.07, 6.45) is 2.36. The molecule has 0 aromatic heterocycles. The second kappa shape index (κ2) is 6.25. The molecule has 0 radical (unpaired) electrons. The molecule has 5 heteroatoms. The maximum Gasteiger partial charge on any atom is 0.255 e. The second-order valence-corrected chi connectivity index (χ2v) is 6.30. The molecule has 0 saturated carbocycles. The van der Waals surface area contributed by atoms with Gasteiger partial charge in [0.2, 0.25) is 0 Å². The van der Waals surface area contributed by atoms with E-state index in [1.165, 1.54) is 6.42 Å². The van der Waals surface area contributed by atoms with Crippen LogP contribution in [0.25, 0.3) is 0 Å². The Balaban J connectivity index is 2.08. The van der Waals surface area contributed by atoms with Crippen molar-refractivity contribution in [2.75, 3.05) is 27.2 Å². The summed E-state index contributed by atoms with van der Waals surface area (Å²) in [4.78, 5) is 16.5. The number of likely N-dealkylation sites (N-methyl/N-ethyl adjacent to an activating group) is 2. The van der Waals surface area contributed by atoms with Crippen molar-refractivity contribution in [3.8, 4) is 0 Å². The third kappa shape index (κ3) is 3.30. The molecule has 0 spiro atoms. The minimum absolute atomic E-state index is 0.0217. The van der Waals surface area contributed by atoms with E-state index in [4.69, 9.17) is 11.6 Å². The maximum atomic E-state index is 12.4. The van der Waals surface area contributed by atoms with Crippen LogP contribution in [0, 0.1) is 0 Å². The molecular formula is C14H18BrClN2O. The topological polar surface area (TPSA) is 23.6 Å². The van der Waals surface area contributed by atoms with E-state index in [9.17, 15) is 4.79 Å². The summed E-state index contributed by atoms with van der Waals surface area (Å²) in [5, 5.41) is 0.485. The second-order valence-electron chi connectivity index (χ2n) is 5.06. The molecule has 1 saturated heterocycles. The lowest BCUT2D eigenvalue weighted by Gasteiger charge is -2.26. The van der Waals surface area contributed by atoms with Crippen LogP contribution in [0.5, 0.6) is 0 Å². The van der Waals surface area contributed by atoms with Gasteiger partial charge in [-0.2, -0.15) is 0 Å². The van der Waals surface area contributed by atoms with Gasteiger partial charge in [-0.25, -0.2) is 0 Å². The average molecular weight is 346 g/mol. The Bertz CT molecular complexity index is 481. The Morgan fingerprint density at radius 3 is 2.95 bits per heavy atom. The van der Waals surface area contributed by atoms with Crippen molar-refractivity contribution in [2.24, 2.45) is 0 Å². The molecule has 1 aromatic rings. The van der Waals surface area contributed by atoms with E-state index in [0.29, 0.717) is 16.6 Å². The molecule has 1 amide bonds. The number of hydrogen-bond donors (Lipinski definition) is 0. The maximum absolute atomic E-state index is 12.4. The highest BCUT2D eigenvalue weighted by atomic mass is 79.9. The van der Waals surface area contributed by atoms with Gasteiger partial charge in [0.15, 0.2) is 0 Å². The zero-order valence-corrected chi connectivity index (χ0v) is 13.5. The van der Waals surface area contributed by atoms with Crippen LogP contribution in [0.2, 0.25) is 5.02 Å². The van der Waals surface area contributed by atoms with Crippen molar-refractivity contribution < 1.29 is 4.79 Å². The fourth-order valence-electron chi connectivity index (χ4n) is 2.48. The number of halogens is 2. The van der Waals surface area contributed by atoms with Crippen LogP contribution >= 0.6 is 27.5 Å². The molecule has 3 nitrogen and oxygen atoms in total. The molecule has 1 aliphatic heterocycles. The lowest BCUT2D eigenvalue weighted by molar-refractivity contribution is 0.0761. The molecule has 19 heavy (non-hydrogen) atoms. The highest BCUT2D eigenvalue weighted by molar-refractivity contribution is 9.10. The van der Waals surface area contributed by atoms with Crippen LogP contribution in [0.15, 0.2) is 22.7 Å². The summed E-state index contributed by atoms with van der Waals surface area (Å²) >= 11 is 9.52. The number of likely N-dealkylation sites (tertiary alicyclic amines) is 1. The van der Waals surface area contributed by atoms with Crippen molar-refractivity contribution in [1.82, 2.24) is 9.80 Å². The van der Waals surface area contributed by atoms with Gasteiger partial charge in [0.25, 0.3) is 5.91 Å². The SMILES string of the molecule is CN(CC1CCCN1C)C(=O)c1cccc(Br)c1Cl. The van der Waals surface area contributed by atoms with Gasteiger partial charge < -0.3 is 9.80 Å². The zero-order valence-electron chi connectivity index (χ0n) is 11.2. The molecule has 1 aromatic carbocycles. The standard InChI is InChI=1S/C14H18BrClN2O/c1-17-8-4-5-10(17)9-18(2)14(19)11-6-3-7-12(15)13(11)16/h3,6-7,10H,4-5,8-9H2,1-2H3. The number of carbonyl (C=O) groups is 1. The molecule has 1 heterocycles. The summed E-state index contributed by atoms with van der Waals surface area (Å²) in [7, 11) is 3.95. The number of benzene rings is 1. The fraction of sp³-hybridized carbons (Fsp3) is 0.500. The number of carbonyl (C=O) groups excluding carboxylic acids is 1. The van der Waals surface area contributed by atoms with Gasteiger partial charge >= 0.3 is 0 Å². The van der Waals surface area contributed by atoms with E-state index >= 15 is 0 Å². The van der Waals surface area contributed by atoms with E-state index < -0.39 is 0 Å². The van der Waals surface area contributed by atoms with Crippen LogP contribution in [0.3, 0.4) is 0 Å². The van der Waals surface area contributed by atoms with Crippen molar-refractivity contribution in [1.29, 1.82) is 0 Å². The van der Waals surface area contributed by atoms with Gasteiger partial charge in [-0.1, -0.05) is 17.7 Å². The van der Waals surface area contributed by atoms with Crippen LogP contribution < -0.4 is 0 Å². The predicted molar refractivity (Wildman–Crippen MR) is 81.8 cm³/mol. The molecule has 104 valence electrons. The number of nitrogens with zero attached hydrogens (tertiary/aromatic N) is 2. The number of hydrogen-bond acceptors (Lipinski definition) is 2. The van der Waals surface area contributed by atoms with Crippen molar-refractivity contribution in [3.63, 3.8) is 0 Å². The van der Waals surface area contributed by atoms with Crippen molar-refractivity contribution in [2.45, 2.75) is 18.9 Å². The minimum atomic E-state index is -0.0217. The summed E-state index contributed by atoms with van der Waals surface area (Å²) in [6.45, 7) is 1.86. The van der Waals surface area contributed by atoms with Crippen molar-refractivity contribution in [3.05, 3.63) is 33.3 Å². The molecule has 0 aliphatic carbocycles. The molecule has 1 atom stereocenters. The Labute approximate surface area is 127 Å². The molecule has 1 unspecified atom stereocenters. The first-order chi connectivity index (χ1) is 9.00. The van der Waals surface area contributed by atoms with Gasteiger partial charge in [0.05, 0.1) is 10.6 Å². The third-order valence-electron chi connectivity index (χ3n) is 3.68. The molecule has 1 aliphatic rings. The van der Waals surface area contributed by atoms with Gasteiger partial charge in [-0.05, 0) is 54.5 Å². The number of rotatable bonds is 3. The first-order valence-corrected chi connectivity index (χ1v) is 7.57. The van der Waals surface area contributed by atoms with E-state index in [0.717, 1.165) is 24.0 Å². The van der Waals surface area contributed by atoms with E-state index in [1.54, 1.807) is 11.0 Å². The van der Waals surface area contributed by atoms with Crippen LogP contribution in [0.1, 0.15) is 23.2 Å². The fourth-order valence-corrected chi connectivity index (χ4v) is 3.06. The lowest BCUT2D eigenvalue weighted by atomic mass is 10.1. The van der Waals surface area contributed by atoms with Crippen LogP contribution in [-0.4, -0.2) is 48.9 Å². The Kier molecular flexibility index (Phi) is 4.87. The van der Waals surface area contributed by atoms with Crippen molar-refractivity contribution >= 4 is 33.4 Å². The average Bonchev–Trinajstić information content (AvgIpc) is 2.77. The third-order valence-corrected chi connectivity index (χ3v) is 4.98. The van der Waals surface area contributed by atoms with Gasteiger partial charge in [-0.3, -0.25) is 4.79 Å². The molecule has 0 N–H and O–H groups in total. The Hall–Kier alpha value is -0.580. The molecule has 2 rings (SSSR count). The number of amides is 1. The van der Waals surface area contributed by atoms with E-state index in [1.807, 2.05) is 19.2 Å². The molecule has 1 fully saturated rings. The van der Waals surface area contributed by atoms with Crippen LogP contribution in [-0.2, 0) is 0 Å². The summed E-state index contributed by atoms with van der Waals surface area (Å²) < 4.78 is 0.756. The first kappa shape index (κ1) is 14.8. The minimum Gasteiger partial charge on any atom is -0.340 e. The summed E-state index contributed by atoms with van der Waals surface area (Å²) in [6, 6.07) is 5.90. The largest absolute Gasteiger partial charge is 0.340 e. The van der Waals surface area contributed by atoms with E-state index in [-0.39, 0.29) is 5.91 Å². The van der Waals surface area contributed by atoms with Gasteiger partial charge in [0.1, 0.15) is 0 Å². The smallest absolute Gasteiger partial charge is 0.255 e. The molecular weight excluding hydrogens is 328 g/mol. The Morgan fingerprint density at radius 2 is 2.32 bits per heavy atom. The van der Waals surface area contributed by atoms with Crippen LogP contribution in [0.4, 0.5) is 0 Å². The molecule has 0 bridgehead atoms. The summed E-state index contributed by atoms with van der Waals surface area (Å²) in [5.41, 5.74) is 0.555. The monoisotopic (exact) mass is 344 g/mol. The predicted octanol–water partition coefficient (Wildman–Crippen LogP) is 3.27. The normalized spacial score (nSPS) is 19.7. The Morgan fingerprint density at radius 1 is 1.58 bits per heavy atom. The van der Waals surface area contributed by atoms with E-state index in [2.05, 4.69) is 27.9 Å².